The first kappa shape index (κ1) is 12.2. The summed E-state index contributed by atoms with van der Waals surface area (Å²) in [5.74, 6) is 1.72. The van der Waals surface area contributed by atoms with Gasteiger partial charge in [-0.25, -0.2) is 0 Å². The van der Waals surface area contributed by atoms with Crippen molar-refractivity contribution in [2.45, 2.75) is 31.7 Å². The molecule has 4 heteroatoms. The van der Waals surface area contributed by atoms with Crippen LogP contribution >= 0.6 is 0 Å². The number of amidine groups is 1. The zero-order valence-corrected chi connectivity index (χ0v) is 11.1. The number of nitrogens with one attached hydrogen (secondary N) is 1. The SMILES string of the molecule is COc1ccc(C2=NC3CCCCC3C(=O)N2)cc1. The van der Waals surface area contributed by atoms with Gasteiger partial charge in [-0.1, -0.05) is 12.8 Å². The molecule has 0 saturated heterocycles. The second-order valence-electron chi connectivity index (χ2n) is 5.15. The van der Waals surface area contributed by atoms with E-state index in [1.54, 1.807) is 7.11 Å². The first-order chi connectivity index (χ1) is 9.28. The number of methoxy groups -OCH3 is 1. The molecule has 0 radical (unpaired) electrons. The first-order valence-corrected chi connectivity index (χ1v) is 6.81. The third-order valence-electron chi connectivity index (χ3n) is 3.97. The zero-order valence-electron chi connectivity index (χ0n) is 11.1. The fourth-order valence-electron chi connectivity index (χ4n) is 2.87. The van der Waals surface area contributed by atoms with Gasteiger partial charge in [-0.3, -0.25) is 9.79 Å². The number of ether oxygens (including phenoxy) is 1. The van der Waals surface area contributed by atoms with Gasteiger partial charge >= 0.3 is 0 Å². The molecule has 0 bridgehead atoms. The minimum absolute atomic E-state index is 0.0794. The van der Waals surface area contributed by atoms with Gasteiger partial charge in [-0.2, -0.15) is 0 Å². The molecule has 19 heavy (non-hydrogen) atoms. The highest BCUT2D eigenvalue weighted by Crippen LogP contribution is 2.29. The van der Waals surface area contributed by atoms with Crippen LogP contribution in [0.5, 0.6) is 5.75 Å². The van der Waals surface area contributed by atoms with E-state index >= 15 is 0 Å². The third kappa shape index (κ3) is 2.35. The van der Waals surface area contributed by atoms with Crippen molar-refractivity contribution in [3.63, 3.8) is 0 Å². The fraction of sp³-hybridized carbons (Fsp3) is 0.467. The molecular weight excluding hydrogens is 240 g/mol. The van der Waals surface area contributed by atoms with Gasteiger partial charge in [0.15, 0.2) is 0 Å². The van der Waals surface area contributed by atoms with Crippen LogP contribution in [-0.2, 0) is 4.79 Å². The van der Waals surface area contributed by atoms with Crippen molar-refractivity contribution in [3.05, 3.63) is 29.8 Å². The molecule has 1 amide bonds. The highest BCUT2D eigenvalue weighted by molar-refractivity contribution is 6.10. The summed E-state index contributed by atoms with van der Waals surface area (Å²) >= 11 is 0. The van der Waals surface area contributed by atoms with Crippen molar-refractivity contribution in [1.29, 1.82) is 0 Å². The molecule has 1 N–H and O–H groups in total. The second-order valence-corrected chi connectivity index (χ2v) is 5.15. The number of carbonyl (C=O) groups is 1. The first-order valence-electron chi connectivity index (χ1n) is 6.81. The maximum absolute atomic E-state index is 12.1. The molecule has 1 aromatic rings. The van der Waals surface area contributed by atoms with Gasteiger partial charge in [-0.15, -0.1) is 0 Å². The summed E-state index contributed by atoms with van der Waals surface area (Å²) in [6.07, 6.45) is 4.31. The summed E-state index contributed by atoms with van der Waals surface area (Å²) in [5, 5.41) is 2.94. The van der Waals surface area contributed by atoms with Crippen molar-refractivity contribution in [1.82, 2.24) is 5.32 Å². The zero-order chi connectivity index (χ0) is 13.2. The van der Waals surface area contributed by atoms with E-state index in [1.165, 1.54) is 6.42 Å². The van der Waals surface area contributed by atoms with Gasteiger partial charge in [0.2, 0.25) is 5.91 Å². The Kier molecular flexibility index (Phi) is 3.23. The summed E-state index contributed by atoms with van der Waals surface area (Å²) < 4.78 is 5.14. The number of amides is 1. The minimum Gasteiger partial charge on any atom is -0.497 e. The maximum Gasteiger partial charge on any atom is 0.230 e. The fourth-order valence-corrected chi connectivity index (χ4v) is 2.87. The minimum atomic E-state index is 0.0794. The van der Waals surface area contributed by atoms with E-state index in [0.717, 1.165) is 30.6 Å². The van der Waals surface area contributed by atoms with Gasteiger partial charge < -0.3 is 10.1 Å². The molecule has 2 unspecified atom stereocenters. The van der Waals surface area contributed by atoms with E-state index in [9.17, 15) is 4.79 Å². The van der Waals surface area contributed by atoms with E-state index in [-0.39, 0.29) is 17.9 Å². The molecule has 1 fully saturated rings. The van der Waals surface area contributed by atoms with Crippen LogP contribution in [0.3, 0.4) is 0 Å². The molecule has 1 aromatic carbocycles. The van der Waals surface area contributed by atoms with Crippen molar-refractivity contribution >= 4 is 11.7 Å². The van der Waals surface area contributed by atoms with Gasteiger partial charge in [0, 0.05) is 5.56 Å². The molecule has 0 aromatic heterocycles. The van der Waals surface area contributed by atoms with Crippen LogP contribution < -0.4 is 10.1 Å². The van der Waals surface area contributed by atoms with Crippen molar-refractivity contribution in [2.75, 3.05) is 7.11 Å². The van der Waals surface area contributed by atoms with E-state index in [2.05, 4.69) is 5.32 Å². The Bertz CT molecular complexity index is 507. The Morgan fingerprint density at radius 1 is 1.21 bits per heavy atom. The van der Waals surface area contributed by atoms with Crippen LogP contribution in [0.4, 0.5) is 0 Å². The van der Waals surface area contributed by atoms with Crippen LogP contribution in [0.15, 0.2) is 29.3 Å². The molecule has 0 spiro atoms. The molecule has 4 nitrogen and oxygen atoms in total. The second kappa shape index (κ2) is 5.03. The third-order valence-corrected chi connectivity index (χ3v) is 3.97. The van der Waals surface area contributed by atoms with Crippen LogP contribution in [0.2, 0.25) is 0 Å². The van der Waals surface area contributed by atoms with Gasteiger partial charge in [0.05, 0.1) is 19.1 Å². The topological polar surface area (TPSA) is 50.7 Å². The highest BCUT2D eigenvalue weighted by atomic mass is 16.5. The molecule has 1 aliphatic carbocycles. The Balaban J connectivity index is 1.87. The number of nitrogens with zero attached hydrogens (tertiary/aromatic N) is 1. The lowest BCUT2D eigenvalue weighted by molar-refractivity contribution is -0.125. The average Bonchev–Trinajstić information content (AvgIpc) is 2.47. The average molecular weight is 258 g/mol. The standard InChI is InChI=1S/C15H18N2O2/c1-19-11-8-6-10(7-9-11)14-16-13-5-3-2-4-12(13)15(18)17-14/h6-9,12-13H,2-5H2,1H3,(H,16,17,18). The van der Waals surface area contributed by atoms with Crippen molar-refractivity contribution in [3.8, 4) is 5.75 Å². The Labute approximate surface area is 112 Å². The van der Waals surface area contributed by atoms with Crippen molar-refractivity contribution in [2.24, 2.45) is 10.9 Å². The number of hydrogen-bond acceptors (Lipinski definition) is 3. The molecule has 2 atom stereocenters. The largest absolute Gasteiger partial charge is 0.497 e. The van der Waals surface area contributed by atoms with E-state index in [4.69, 9.17) is 9.73 Å². The number of benzene rings is 1. The Morgan fingerprint density at radius 2 is 1.95 bits per heavy atom. The molecule has 1 aliphatic heterocycles. The lowest BCUT2D eigenvalue weighted by atomic mass is 9.83. The number of carbonyl (C=O) groups excluding carboxylic acids is 1. The van der Waals surface area contributed by atoms with E-state index in [0.29, 0.717) is 5.84 Å². The summed E-state index contributed by atoms with van der Waals surface area (Å²) in [6.45, 7) is 0. The highest BCUT2D eigenvalue weighted by Gasteiger charge is 2.35. The van der Waals surface area contributed by atoms with Gasteiger partial charge in [0.25, 0.3) is 0 Å². The normalized spacial score (nSPS) is 26.2. The summed E-state index contributed by atoms with van der Waals surface area (Å²) in [4.78, 5) is 16.8. The number of aliphatic imine (C=N–C) groups is 1. The molecule has 100 valence electrons. The Hall–Kier alpha value is -1.84. The lowest BCUT2D eigenvalue weighted by Gasteiger charge is -2.32. The van der Waals surface area contributed by atoms with Gasteiger partial charge in [-0.05, 0) is 37.1 Å². The van der Waals surface area contributed by atoms with E-state index < -0.39 is 0 Å². The lowest BCUT2D eigenvalue weighted by Crippen LogP contribution is -2.47. The monoisotopic (exact) mass is 258 g/mol. The number of hydrogen-bond donors (Lipinski definition) is 1. The molecule has 3 rings (SSSR count). The summed E-state index contributed by atoms with van der Waals surface area (Å²) in [7, 11) is 1.64. The van der Waals surface area contributed by atoms with Crippen LogP contribution in [0.25, 0.3) is 0 Å². The molecule has 2 aliphatic rings. The Morgan fingerprint density at radius 3 is 2.68 bits per heavy atom. The summed E-state index contributed by atoms with van der Waals surface area (Å²) in [5.41, 5.74) is 0.943. The predicted molar refractivity (Wildman–Crippen MR) is 73.4 cm³/mol. The smallest absolute Gasteiger partial charge is 0.230 e. The molecule has 1 saturated carbocycles. The maximum atomic E-state index is 12.1. The molecule has 1 heterocycles. The van der Waals surface area contributed by atoms with Crippen LogP contribution in [-0.4, -0.2) is 24.9 Å². The van der Waals surface area contributed by atoms with Crippen LogP contribution in [0, 0.1) is 5.92 Å². The number of fused-ring (bicyclic) bond motifs is 1. The van der Waals surface area contributed by atoms with Crippen LogP contribution in [0.1, 0.15) is 31.2 Å². The summed E-state index contributed by atoms with van der Waals surface area (Å²) in [6, 6.07) is 7.80. The quantitative estimate of drug-likeness (QED) is 0.883. The number of rotatable bonds is 2. The van der Waals surface area contributed by atoms with E-state index in [1.807, 2.05) is 24.3 Å². The van der Waals surface area contributed by atoms with Crippen molar-refractivity contribution < 1.29 is 9.53 Å². The van der Waals surface area contributed by atoms with Gasteiger partial charge in [0.1, 0.15) is 11.6 Å². The molecular formula is C15H18N2O2. The predicted octanol–water partition coefficient (Wildman–Crippen LogP) is 2.13.